The third-order valence-electron chi connectivity index (χ3n) is 3.70. The zero-order valence-electron chi connectivity index (χ0n) is 13.8. The molecule has 0 aliphatic carbocycles. The van der Waals surface area contributed by atoms with Crippen LogP contribution in [0.15, 0.2) is 11.2 Å². The third kappa shape index (κ3) is 3.64. The summed E-state index contributed by atoms with van der Waals surface area (Å²) >= 11 is 1.35. The average Bonchev–Trinajstić information content (AvgIpc) is 2.87. The van der Waals surface area contributed by atoms with Gasteiger partial charge in [0.2, 0.25) is 11.1 Å². The molecule has 7 nitrogen and oxygen atoms in total. The number of fused-ring (bicyclic) bond motifs is 1. The lowest BCUT2D eigenvalue weighted by Gasteiger charge is -2.35. The maximum atomic E-state index is 12.4. The van der Waals surface area contributed by atoms with Crippen molar-refractivity contribution in [1.82, 2.24) is 24.5 Å². The van der Waals surface area contributed by atoms with Crippen LogP contribution in [0.1, 0.15) is 25.2 Å². The number of aromatic nitrogens is 4. The molecule has 1 saturated heterocycles. The van der Waals surface area contributed by atoms with Gasteiger partial charge in [0.25, 0.3) is 5.78 Å². The number of carbonyl (C=O) groups excluding carboxylic acids is 1. The Morgan fingerprint density at radius 1 is 1.30 bits per heavy atom. The predicted molar refractivity (Wildman–Crippen MR) is 87.6 cm³/mol. The molecule has 0 aromatic carbocycles. The Kier molecular flexibility index (Phi) is 4.54. The van der Waals surface area contributed by atoms with E-state index in [1.165, 1.54) is 11.8 Å². The highest BCUT2D eigenvalue weighted by atomic mass is 32.2. The fourth-order valence-corrected chi connectivity index (χ4v) is 3.53. The van der Waals surface area contributed by atoms with E-state index in [4.69, 9.17) is 4.74 Å². The highest BCUT2D eigenvalue weighted by molar-refractivity contribution is 7.99. The molecule has 8 heteroatoms. The molecule has 23 heavy (non-hydrogen) atoms. The Bertz CT molecular complexity index is 722. The summed E-state index contributed by atoms with van der Waals surface area (Å²) in [6.45, 7) is 9.16. The largest absolute Gasteiger partial charge is 0.372 e. The van der Waals surface area contributed by atoms with Gasteiger partial charge in [0.05, 0.1) is 18.0 Å². The Balaban J connectivity index is 1.66. The molecule has 2 aromatic rings. The summed E-state index contributed by atoms with van der Waals surface area (Å²) in [5.74, 6) is 0.997. The smallest absolute Gasteiger partial charge is 0.253 e. The van der Waals surface area contributed by atoms with Crippen LogP contribution in [0.2, 0.25) is 0 Å². The number of rotatable bonds is 3. The van der Waals surface area contributed by atoms with Gasteiger partial charge < -0.3 is 9.64 Å². The van der Waals surface area contributed by atoms with Gasteiger partial charge in [0.15, 0.2) is 0 Å². The number of morpholine rings is 1. The lowest BCUT2D eigenvalue weighted by molar-refractivity contribution is -0.140. The lowest BCUT2D eigenvalue weighted by atomic mass is 10.2. The van der Waals surface area contributed by atoms with Gasteiger partial charge in [0.1, 0.15) is 0 Å². The summed E-state index contributed by atoms with van der Waals surface area (Å²) in [7, 11) is 0. The van der Waals surface area contributed by atoms with Crippen molar-refractivity contribution in [3.8, 4) is 0 Å². The number of amides is 1. The minimum Gasteiger partial charge on any atom is -0.372 e. The number of thioether (sulfide) groups is 1. The van der Waals surface area contributed by atoms with Crippen LogP contribution in [0.4, 0.5) is 0 Å². The van der Waals surface area contributed by atoms with Crippen LogP contribution in [0.25, 0.3) is 5.78 Å². The first-order valence-corrected chi connectivity index (χ1v) is 8.68. The van der Waals surface area contributed by atoms with Gasteiger partial charge in [-0.3, -0.25) is 4.79 Å². The second-order valence-electron chi connectivity index (χ2n) is 5.99. The summed E-state index contributed by atoms with van der Waals surface area (Å²) < 4.78 is 7.36. The standard InChI is InChI=1S/C15H21N5O2S/c1-9-5-10(2)20-14(16-9)17-15(18-20)23-8-13(21)19-6-11(3)22-12(4)7-19/h5,11-12H,6-8H2,1-4H3. The molecule has 0 bridgehead atoms. The first kappa shape index (κ1) is 16.2. The number of nitrogens with zero attached hydrogens (tertiary/aromatic N) is 5. The SMILES string of the molecule is Cc1cc(C)n2nc(SCC(=O)N3CC(C)OC(C)C3)nc2n1. The molecule has 2 aromatic heterocycles. The number of ether oxygens (including phenoxy) is 1. The zero-order valence-corrected chi connectivity index (χ0v) is 14.6. The number of hydrogen-bond acceptors (Lipinski definition) is 6. The monoisotopic (exact) mass is 335 g/mol. The van der Waals surface area contributed by atoms with Crippen LogP contribution >= 0.6 is 11.8 Å². The number of carbonyl (C=O) groups is 1. The zero-order chi connectivity index (χ0) is 16.6. The minimum atomic E-state index is 0.0795. The van der Waals surface area contributed by atoms with Crippen LogP contribution in [0.5, 0.6) is 0 Å². The number of aryl methyl sites for hydroxylation is 2. The van der Waals surface area contributed by atoms with Gasteiger partial charge in [-0.05, 0) is 33.8 Å². The van der Waals surface area contributed by atoms with Crippen LogP contribution in [0.3, 0.4) is 0 Å². The van der Waals surface area contributed by atoms with E-state index in [-0.39, 0.29) is 18.1 Å². The van der Waals surface area contributed by atoms with Crippen LogP contribution < -0.4 is 0 Å². The molecule has 1 aliphatic rings. The fraction of sp³-hybridized carbons (Fsp3) is 0.600. The Hall–Kier alpha value is -1.67. The predicted octanol–water partition coefficient (Wildman–Crippen LogP) is 1.47. The molecule has 0 spiro atoms. The first-order chi connectivity index (χ1) is 10.9. The Morgan fingerprint density at radius 3 is 2.70 bits per heavy atom. The molecule has 2 unspecified atom stereocenters. The molecule has 1 fully saturated rings. The first-order valence-electron chi connectivity index (χ1n) is 7.69. The summed E-state index contributed by atoms with van der Waals surface area (Å²) in [4.78, 5) is 23.0. The van der Waals surface area contributed by atoms with E-state index in [0.717, 1.165) is 11.4 Å². The minimum absolute atomic E-state index is 0.0795. The van der Waals surface area contributed by atoms with Crippen molar-refractivity contribution in [3.63, 3.8) is 0 Å². The maximum absolute atomic E-state index is 12.4. The van der Waals surface area contributed by atoms with E-state index < -0.39 is 0 Å². The molecule has 1 amide bonds. The molecule has 3 heterocycles. The second kappa shape index (κ2) is 6.45. The lowest BCUT2D eigenvalue weighted by Crippen LogP contribution is -2.48. The number of hydrogen-bond donors (Lipinski definition) is 0. The van der Waals surface area contributed by atoms with Crippen molar-refractivity contribution < 1.29 is 9.53 Å². The topological polar surface area (TPSA) is 72.6 Å². The van der Waals surface area contributed by atoms with Crippen molar-refractivity contribution in [2.75, 3.05) is 18.8 Å². The van der Waals surface area contributed by atoms with Gasteiger partial charge in [-0.2, -0.15) is 4.98 Å². The van der Waals surface area contributed by atoms with Crippen LogP contribution in [0, 0.1) is 13.8 Å². The average molecular weight is 335 g/mol. The summed E-state index contributed by atoms with van der Waals surface area (Å²) in [5, 5.41) is 4.99. The molecule has 2 atom stereocenters. The molecular formula is C15H21N5O2S. The van der Waals surface area contributed by atoms with E-state index >= 15 is 0 Å². The normalized spacial score (nSPS) is 21.8. The van der Waals surface area contributed by atoms with Crippen molar-refractivity contribution >= 4 is 23.4 Å². The molecule has 1 aliphatic heterocycles. The molecule has 0 N–H and O–H groups in total. The Labute approximate surface area is 139 Å². The molecule has 0 saturated carbocycles. The maximum Gasteiger partial charge on any atom is 0.253 e. The summed E-state index contributed by atoms with van der Waals surface area (Å²) in [6.07, 6.45) is 0.159. The third-order valence-corrected chi connectivity index (χ3v) is 4.52. The van der Waals surface area contributed by atoms with Crippen molar-refractivity contribution in [2.45, 2.75) is 45.1 Å². The van der Waals surface area contributed by atoms with Gasteiger partial charge in [-0.15, -0.1) is 5.10 Å². The van der Waals surface area contributed by atoms with Gasteiger partial charge in [-0.1, -0.05) is 11.8 Å². The molecule has 0 radical (unpaired) electrons. The molecule has 3 rings (SSSR count). The molecule has 124 valence electrons. The van der Waals surface area contributed by atoms with E-state index in [0.29, 0.717) is 29.8 Å². The fourth-order valence-electron chi connectivity index (χ4n) is 2.81. The van der Waals surface area contributed by atoms with Crippen molar-refractivity contribution in [3.05, 3.63) is 17.5 Å². The quantitative estimate of drug-likeness (QED) is 0.791. The van der Waals surface area contributed by atoms with Crippen LogP contribution in [-0.2, 0) is 9.53 Å². The van der Waals surface area contributed by atoms with Crippen molar-refractivity contribution in [2.24, 2.45) is 0 Å². The molecular weight excluding hydrogens is 314 g/mol. The highest BCUT2D eigenvalue weighted by Crippen LogP contribution is 2.18. The van der Waals surface area contributed by atoms with Gasteiger partial charge >= 0.3 is 0 Å². The van der Waals surface area contributed by atoms with Crippen molar-refractivity contribution in [1.29, 1.82) is 0 Å². The highest BCUT2D eigenvalue weighted by Gasteiger charge is 2.26. The van der Waals surface area contributed by atoms with E-state index in [9.17, 15) is 4.79 Å². The summed E-state index contributed by atoms with van der Waals surface area (Å²) in [5.41, 5.74) is 1.89. The van der Waals surface area contributed by atoms with E-state index in [1.54, 1.807) is 4.52 Å². The van der Waals surface area contributed by atoms with Crippen LogP contribution in [-0.4, -0.2) is 61.4 Å². The van der Waals surface area contributed by atoms with Gasteiger partial charge in [0, 0.05) is 24.5 Å². The van der Waals surface area contributed by atoms with E-state index in [1.807, 2.05) is 38.7 Å². The van der Waals surface area contributed by atoms with Gasteiger partial charge in [-0.25, -0.2) is 9.50 Å². The summed E-state index contributed by atoms with van der Waals surface area (Å²) in [6, 6.07) is 1.96. The Morgan fingerprint density at radius 2 is 2.00 bits per heavy atom. The van der Waals surface area contributed by atoms with E-state index in [2.05, 4.69) is 15.1 Å². The second-order valence-corrected chi connectivity index (χ2v) is 6.93.